The molecule has 0 aromatic carbocycles. The zero-order chi connectivity index (χ0) is 13.7. The Labute approximate surface area is 117 Å². The predicted molar refractivity (Wildman–Crippen MR) is 77.9 cm³/mol. The summed E-state index contributed by atoms with van der Waals surface area (Å²) in [6.45, 7) is 5.68. The molecule has 2 N–H and O–H groups in total. The number of carbonyl (C=O) groups excluding carboxylic acids is 1. The van der Waals surface area contributed by atoms with Crippen molar-refractivity contribution in [2.24, 2.45) is 5.73 Å². The highest BCUT2D eigenvalue weighted by molar-refractivity contribution is 5.81. The maximum atomic E-state index is 12.6. The molecule has 0 aromatic rings. The van der Waals surface area contributed by atoms with Crippen LogP contribution in [0.5, 0.6) is 0 Å². The number of amides is 1. The van der Waals surface area contributed by atoms with Gasteiger partial charge in [-0.2, -0.15) is 0 Å². The van der Waals surface area contributed by atoms with Gasteiger partial charge in [-0.15, -0.1) is 0 Å². The zero-order valence-corrected chi connectivity index (χ0v) is 12.3. The van der Waals surface area contributed by atoms with E-state index in [-0.39, 0.29) is 6.04 Å². The standard InChI is InChI=1S/C15H29N3O/c1-13(15(19)17-9-5-3-6-10-17)18-11-7-2-4-8-14(18)12-16/h13-14H,2-12,16H2,1H3. The second-order valence-electron chi connectivity index (χ2n) is 6.04. The Morgan fingerprint density at radius 3 is 2.42 bits per heavy atom. The fraction of sp³-hybridized carbons (Fsp3) is 0.933. The lowest BCUT2D eigenvalue weighted by atomic mass is 10.1. The van der Waals surface area contributed by atoms with Crippen LogP contribution in [0.2, 0.25) is 0 Å². The van der Waals surface area contributed by atoms with E-state index in [0.717, 1.165) is 26.1 Å². The van der Waals surface area contributed by atoms with Gasteiger partial charge < -0.3 is 10.6 Å². The molecule has 0 aliphatic carbocycles. The second kappa shape index (κ2) is 7.25. The summed E-state index contributed by atoms with van der Waals surface area (Å²) in [7, 11) is 0. The minimum absolute atomic E-state index is 0.00440. The monoisotopic (exact) mass is 267 g/mol. The van der Waals surface area contributed by atoms with Crippen molar-refractivity contribution >= 4 is 5.91 Å². The molecule has 2 heterocycles. The largest absolute Gasteiger partial charge is 0.341 e. The molecule has 2 atom stereocenters. The number of nitrogens with two attached hydrogens (primary N) is 1. The van der Waals surface area contributed by atoms with Crippen LogP contribution in [-0.4, -0.2) is 54.0 Å². The van der Waals surface area contributed by atoms with Crippen LogP contribution in [0, 0.1) is 0 Å². The van der Waals surface area contributed by atoms with Crippen LogP contribution in [0.1, 0.15) is 51.9 Å². The molecule has 1 amide bonds. The van der Waals surface area contributed by atoms with Gasteiger partial charge in [0.25, 0.3) is 0 Å². The lowest BCUT2D eigenvalue weighted by molar-refractivity contribution is -0.138. The lowest BCUT2D eigenvalue weighted by Gasteiger charge is -2.37. The Morgan fingerprint density at radius 2 is 1.74 bits per heavy atom. The highest BCUT2D eigenvalue weighted by Crippen LogP contribution is 2.20. The summed E-state index contributed by atoms with van der Waals surface area (Å²) >= 11 is 0. The van der Waals surface area contributed by atoms with Crippen molar-refractivity contribution in [3.8, 4) is 0 Å². The van der Waals surface area contributed by atoms with Crippen molar-refractivity contribution < 1.29 is 4.79 Å². The molecule has 110 valence electrons. The van der Waals surface area contributed by atoms with E-state index < -0.39 is 0 Å². The third kappa shape index (κ3) is 3.69. The SMILES string of the molecule is CC(C(=O)N1CCCCC1)N1CCCCCC1CN. The Bertz CT molecular complexity index is 289. The van der Waals surface area contributed by atoms with E-state index in [9.17, 15) is 4.79 Å². The van der Waals surface area contributed by atoms with Gasteiger partial charge in [0, 0.05) is 25.7 Å². The van der Waals surface area contributed by atoms with E-state index >= 15 is 0 Å². The molecule has 19 heavy (non-hydrogen) atoms. The number of likely N-dealkylation sites (tertiary alicyclic amines) is 2. The highest BCUT2D eigenvalue weighted by Gasteiger charge is 2.31. The topological polar surface area (TPSA) is 49.6 Å². The van der Waals surface area contributed by atoms with Gasteiger partial charge in [0.05, 0.1) is 6.04 Å². The highest BCUT2D eigenvalue weighted by atomic mass is 16.2. The number of hydrogen-bond donors (Lipinski definition) is 1. The Hall–Kier alpha value is -0.610. The van der Waals surface area contributed by atoms with Crippen LogP contribution in [0.15, 0.2) is 0 Å². The number of hydrogen-bond acceptors (Lipinski definition) is 3. The van der Waals surface area contributed by atoms with Gasteiger partial charge in [-0.05, 0) is 45.6 Å². The molecule has 0 saturated carbocycles. The Morgan fingerprint density at radius 1 is 1.11 bits per heavy atom. The number of nitrogens with zero attached hydrogens (tertiary/aromatic N) is 2. The van der Waals surface area contributed by atoms with Gasteiger partial charge in [0.2, 0.25) is 5.91 Å². The number of carbonyl (C=O) groups is 1. The van der Waals surface area contributed by atoms with Crippen molar-refractivity contribution in [3.63, 3.8) is 0 Å². The van der Waals surface area contributed by atoms with Crippen LogP contribution in [0.4, 0.5) is 0 Å². The van der Waals surface area contributed by atoms with E-state index in [4.69, 9.17) is 5.73 Å². The molecular weight excluding hydrogens is 238 g/mol. The molecule has 4 heteroatoms. The molecule has 4 nitrogen and oxygen atoms in total. The molecule has 0 radical (unpaired) electrons. The van der Waals surface area contributed by atoms with E-state index in [1.54, 1.807) is 0 Å². The lowest BCUT2D eigenvalue weighted by Crippen LogP contribution is -2.53. The average Bonchev–Trinajstić information content (AvgIpc) is 2.71. The van der Waals surface area contributed by atoms with Gasteiger partial charge in [-0.25, -0.2) is 0 Å². The molecule has 2 rings (SSSR count). The summed E-state index contributed by atoms with van der Waals surface area (Å²) in [6.07, 6.45) is 8.48. The molecule has 2 fully saturated rings. The van der Waals surface area contributed by atoms with Crippen molar-refractivity contribution in [2.45, 2.75) is 64.0 Å². The Balaban J connectivity index is 1.98. The fourth-order valence-corrected chi connectivity index (χ4v) is 3.48. The van der Waals surface area contributed by atoms with Crippen LogP contribution < -0.4 is 5.73 Å². The fourth-order valence-electron chi connectivity index (χ4n) is 3.48. The van der Waals surface area contributed by atoms with Crippen molar-refractivity contribution in [3.05, 3.63) is 0 Å². The van der Waals surface area contributed by atoms with Crippen molar-refractivity contribution in [1.29, 1.82) is 0 Å². The van der Waals surface area contributed by atoms with Crippen LogP contribution in [0.3, 0.4) is 0 Å². The smallest absolute Gasteiger partial charge is 0.239 e. The summed E-state index contributed by atoms with van der Waals surface area (Å²) in [5.74, 6) is 0.319. The van der Waals surface area contributed by atoms with Crippen LogP contribution >= 0.6 is 0 Å². The molecule has 2 aliphatic rings. The van der Waals surface area contributed by atoms with Crippen LogP contribution in [-0.2, 0) is 4.79 Å². The van der Waals surface area contributed by atoms with Gasteiger partial charge in [0.1, 0.15) is 0 Å². The third-order valence-electron chi connectivity index (χ3n) is 4.72. The van der Waals surface area contributed by atoms with Gasteiger partial charge >= 0.3 is 0 Å². The predicted octanol–water partition coefficient (Wildman–Crippen LogP) is 1.59. The first-order chi connectivity index (χ1) is 9.24. The van der Waals surface area contributed by atoms with Crippen LogP contribution in [0.25, 0.3) is 0 Å². The maximum absolute atomic E-state index is 12.6. The molecule has 2 unspecified atom stereocenters. The summed E-state index contributed by atoms with van der Waals surface area (Å²) < 4.78 is 0. The maximum Gasteiger partial charge on any atom is 0.239 e. The minimum Gasteiger partial charge on any atom is -0.341 e. The van der Waals surface area contributed by atoms with Gasteiger partial charge in [-0.3, -0.25) is 9.69 Å². The summed E-state index contributed by atoms with van der Waals surface area (Å²) in [6, 6.07) is 0.399. The first-order valence-corrected chi connectivity index (χ1v) is 7.98. The first-order valence-electron chi connectivity index (χ1n) is 7.98. The van der Waals surface area contributed by atoms with E-state index in [1.165, 1.54) is 38.5 Å². The molecule has 0 bridgehead atoms. The van der Waals surface area contributed by atoms with E-state index in [2.05, 4.69) is 16.7 Å². The van der Waals surface area contributed by atoms with Gasteiger partial charge in [-0.1, -0.05) is 12.8 Å². The quantitative estimate of drug-likeness (QED) is 0.845. The average molecular weight is 267 g/mol. The number of rotatable bonds is 3. The minimum atomic E-state index is 0.00440. The number of piperidine rings is 1. The first kappa shape index (κ1) is 14.8. The third-order valence-corrected chi connectivity index (χ3v) is 4.72. The second-order valence-corrected chi connectivity index (χ2v) is 6.04. The molecular formula is C15H29N3O. The van der Waals surface area contributed by atoms with E-state index in [0.29, 0.717) is 18.5 Å². The molecule has 0 aromatic heterocycles. The normalized spacial score (nSPS) is 27.9. The molecule has 2 saturated heterocycles. The summed E-state index contributed by atoms with van der Waals surface area (Å²) in [5.41, 5.74) is 5.91. The summed E-state index contributed by atoms with van der Waals surface area (Å²) in [5, 5.41) is 0. The van der Waals surface area contributed by atoms with Crippen molar-refractivity contribution in [2.75, 3.05) is 26.2 Å². The van der Waals surface area contributed by atoms with E-state index in [1.807, 2.05) is 0 Å². The van der Waals surface area contributed by atoms with Crippen molar-refractivity contribution in [1.82, 2.24) is 9.80 Å². The Kier molecular flexibility index (Phi) is 5.64. The molecule has 0 spiro atoms. The summed E-state index contributed by atoms with van der Waals surface area (Å²) in [4.78, 5) is 17.0. The zero-order valence-electron chi connectivity index (χ0n) is 12.3. The van der Waals surface area contributed by atoms with Gasteiger partial charge in [0.15, 0.2) is 0 Å². The molecule has 2 aliphatic heterocycles.